The summed E-state index contributed by atoms with van der Waals surface area (Å²) in [6.45, 7) is 1.26. The molecule has 1 N–H and O–H groups in total. The number of carbonyl (C=O) groups is 2. The molecule has 7 heteroatoms. The second kappa shape index (κ2) is 6.53. The molecule has 23 heavy (non-hydrogen) atoms. The number of hydrogen-bond donors (Lipinski definition) is 1. The molecule has 116 valence electrons. The molecule has 0 atom stereocenters. The monoisotopic (exact) mass is 327 g/mol. The molecule has 0 radical (unpaired) electrons. The standard InChI is InChI=1S/C16H13N3O3S/c1-10(20)11-5-2-3-8-14(11)22-9-15(21)17-12-6-4-7-13-16(12)19-23-18-13/h2-8H,9H2,1H3,(H,17,21). The highest BCUT2D eigenvalue weighted by atomic mass is 32.1. The van der Waals surface area contributed by atoms with Crippen molar-refractivity contribution in [3.05, 3.63) is 48.0 Å². The molecule has 0 fully saturated rings. The Morgan fingerprint density at radius 1 is 1.13 bits per heavy atom. The van der Waals surface area contributed by atoms with Crippen LogP contribution in [0.4, 0.5) is 5.69 Å². The van der Waals surface area contributed by atoms with Crippen molar-refractivity contribution in [2.75, 3.05) is 11.9 Å². The van der Waals surface area contributed by atoms with Crippen LogP contribution in [-0.2, 0) is 4.79 Å². The lowest BCUT2D eigenvalue weighted by Crippen LogP contribution is -2.21. The van der Waals surface area contributed by atoms with E-state index in [-0.39, 0.29) is 18.3 Å². The van der Waals surface area contributed by atoms with Gasteiger partial charge in [0, 0.05) is 0 Å². The van der Waals surface area contributed by atoms with Gasteiger partial charge in [-0.1, -0.05) is 18.2 Å². The molecule has 1 heterocycles. The number of Topliss-reactive ketones (excluding diaryl/α,β-unsaturated/α-hetero) is 1. The van der Waals surface area contributed by atoms with Crippen molar-refractivity contribution in [2.45, 2.75) is 6.92 Å². The maximum Gasteiger partial charge on any atom is 0.262 e. The van der Waals surface area contributed by atoms with Gasteiger partial charge in [0.1, 0.15) is 16.8 Å². The van der Waals surface area contributed by atoms with E-state index in [2.05, 4.69) is 14.1 Å². The van der Waals surface area contributed by atoms with Gasteiger partial charge in [0.2, 0.25) is 0 Å². The van der Waals surface area contributed by atoms with Crippen molar-refractivity contribution >= 4 is 40.1 Å². The number of benzene rings is 2. The number of anilines is 1. The summed E-state index contributed by atoms with van der Waals surface area (Å²) in [6.07, 6.45) is 0. The maximum absolute atomic E-state index is 12.1. The third kappa shape index (κ3) is 3.35. The van der Waals surface area contributed by atoms with Crippen LogP contribution in [0.1, 0.15) is 17.3 Å². The molecule has 0 aliphatic carbocycles. The minimum Gasteiger partial charge on any atom is -0.483 e. The van der Waals surface area contributed by atoms with Gasteiger partial charge in [-0.25, -0.2) is 0 Å². The normalized spacial score (nSPS) is 10.5. The molecule has 3 aromatic rings. The number of ketones is 1. The van der Waals surface area contributed by atoms with Gasteiger partial charge in [-0.05, 0) is 31.2 Å². The van der Waals surface area contributed by atoms with E-state index < -0.39 is 0 Å². The van der Waals surface area contributed by atoms with Crippen molar-refractivity contribution in [1.82, 2.24) is 8.75 Å². The number of fused-ring (bicyclic) bond motifs is 1. The third-order valence-electron chi connectivity index (χ3n) is 3.19. The quantitative estimate of drug-likeness (QED) is 0.729. The zero-order chi connectivity index (χ0) is 16.2. The second-order valence-corrected chi connectivity index (χ2v) is 5.36. The van der Waals surface area contributed by atoms with Gasteiger partial charge in [0.25, 0.3) is 5.91 Å². The smallest absolute Gasteiger partial charge is 0.262 e. The van der Waals surface area contributed by atoms with Crippen molar-refractivity contribution in [1.29, 1.82) is 0 Å². The Bertz CT molecular complexity index is 876. The van der Waals surface area contributed by atoms with Crippen molar-refractivity contribution in [3.63, 3.8) is 0 Å². The molecule has 0 bridgehead atoms. The zero-order valence-electron chi connectivity index (χ0n) is 12.3. The third-order valence-corrected chi connectivity index (χ3v) is 3.73. The second-order valence-electron chi connectivity index (χ2n) is 4.83. The largest absolute Gasteiger partial charge is 0.483 e. The van der Waals surface area contributed by atoms with E-state index in [0.717, 1.165) is 17.2 Å². The minimum atomic E-state index is -0.330. The number of nitrogens with one attached hydrogen (secondary N) is 1. The molecular formula is C16H13N3O3S. The highest BCUT2D eigenvalue weighted by molar-refractivity contribution is 7.00. The van der Waals surface area contributed by atoms with Crippen LogP contribution >= 0.6 is 11.7 Å². The summed E-state index contributed by atoms with van der Waals surface area (Å²) in [7, 11) is 0. The molecule has 1 amide bonds. The number of amides is 1. The molecule has 0 unspecified atom stereocenters. The Hall–Kier alpha value is -2.80. The average Bonchev–Trinajstić information content (AvgIpc) is 3.03. The van der Waals surface area contributed by atoms with E-state index in [1.807, 2.05) is 6.07 Å². The summed E-state index contributed by atoms with van der Waals surface area (Å²) in [4.78, 5) is 23.6. The van der Waals surface area contributed by atoms with E-state index in [1.165, 1.54) is 6.92 Å². The first-order valence-corrected chi connectivity index (χ1v) is 7.62. The van der Waals surface area contributed by atoms with Crippen molar-refractivity contribution in [3.8, 4) is 5.75 Å². The molecular weight excluding hydrogens is 314 g/mol. The van der Waals surface area contributed by atoms with Crippen LogP contribution in [-0.4, -0.2) is 27.0 Å². The van der Waals surface area contributed by atoms with Crippen molar-refractivity contribution < 1.29 is 14.3 Å². The molecule has 6 nitrogen and oxygen atoms in total. The molecule has 3 rings (SSSR count). The van der Waals surface area contributed by atoms with Crippen molar-refractivity contribution in [2.24, 2.45) is 0 Å². The van der Waals surface area contributed by atoms with Gasteiger partial charge in [0.15, 0.2) is 12.4 Å². The number of carbonyl (C=O) groups excluding carboxylic acids is 2. The van der Waals surface area contributed by atoms with E-state index in [0.29, 0.717) is 22.5 Å². The number of aromatic nitrogens is 2. The first kappa shape index (κ1) is 15.1. The van der Waals surface area contributed by atoms with Gasteiger partial charge in [0.05, 0.1) is 23.0 Å². The topological polar surface area (TPSA) is 81.2 Å². The highest BCUT2D eigenvalue weighted by Crippen LogP contribution is 2.21. The zero-order valence-corrected chi connectivity index (χ0v) is 13.1. The van der Waals surface area contributed by atoms with Gasteiger partial charge in [-0.2, -0.15) is 8.75 Å². The van der Waals surface area contributed by atoms with Crippen LogP contribution in [0.5, 0.6) is 5.75 Å². The fourth-order valence-corrected chi connectivity index (χ4v) is 2.67. The fraction of sp³-hybridized carbons (Fsp3) is 0.125. The lowest BCUT2D eigenvalue weighted by molar-refractivity contribution is -0.118. The Morgan fingerprint density at radius 3 is 2.78 bits per heavy atom. The van der Waals surface area contributed by atoms with Gasteiger partial charge in [-0.15, -0.1) is 0 Å². The van der Waals surface area contributed by atoms with Gasteiger partial charge < -0.3 is 10.1 Å². The van der Waals surface area contributed by atoms with Gasteiger partial charge in [-0.3, -0.25) is 9.59 Å². The Morgan fingerprint density at radius 2 is 1.96 bits per heavy atom. The van der Waals surface area contributed by atoms with Crippen LogP contribution in [0.2, 0.25) is 0 Å². The van der Waals surface area contributed by atoms with Crippen LogP contribution < -0.4 is 10.1 Å². The van der Waals surface area contributed by atoms with E-state index in [1.54, 1.807) is 36.4 Å². The number of rotatable bonds is 5. The van der Waals surface area contributed by atoms with Crippen LogP contribution in [0.25, 0.3) is 11.0 Å². The Balaban J connectivity index is 1.69. The lowest BCUT2D eigenvalue weighted by atomic mass is 10.1. The Kier molecular flexibility index (Phi) is 4.29. The molecule has 0 aliphatic heterocycles. The van der Waals surface area contributed by atoms with Crippen LogP contribution in [0, 0.1) is 0 Å². The molecule has 0 saturated carbocycles. The van der Waals surface area contributed by atoms with Crippen LogP contribution in [0.15, 0.2) is 42.5 Å². The lowest BCUT2D eigenvalue weighted by Gasteiger charge is -2.10. The number of hydrogen-bond acceptors (Lipinski definition) is 6. The SMILES string of the molecule is CC(=O)c1ccccc1OCC(=O)Nc1cccc2nsnc12. The summed E-state index contributed by atoms with van der Waals surface area (Å²) >= 11 is 1.09. The fourth-order valence-electron chi connectivity index (χ4n) is 2.12. The number of para-hydroxylation sites is 1. The first-order valence-electron chi connectivity index (χ1n) is 6.89. The summed E-state index contributed by atoms with van der Waals surface area (Å²) < 4.78 is 13.7. The minimum absolute atomic E-state index is 0.112. The molecule has 0 saturated heterocycles. The molecule has 0 aliphatic rings. The number of ether oxygens (including phenoxy) is 1. The van der Waals surface area contributed by atoms with E-state index >= 15 is 0 Å². The average molecular weight is 327 g/mol. The Labute approximate surface area is 136 Å². The predicted octanol–water partition coefficient (Wildman–Crippen LogP) is 2.91. The molecule has 0 spiro atoms. The molecule has 1 aromatic heterocycles. The maximum atomic E-state index is 12.1. The van der Waals surface area contributed by atoms with Gasteiger partial charge >= 0.3 is 0 Å². The first-order chi connectivity index (χ1) is 11.1. The summed E-state index contributed by atoms with van der Waals surface area (Å²) in [5.41, 5.74) is 2.42. The summed E-state index contributed by atoms with van der Waals surface area (Å²) in [5, 5.41) is 2.75. The summed E-state index contributed by atoms with van der Waals surface area (Å²) in [5.74, 6) is -0.0492. The van der Waals surface area contributed by atoms with E-state index in [4.69, 9.17) is 4.74 Å². The number of nitrogens with zero attached hydrogens (tertiary/aromatic N) is 2. The highest BCUT2D eigenvalue weighted by Gasteiger charge is 2.11. The molecule has 2 aromatic carbocycles. The predicted molar refractivity (Wildman–Crippen MR) is 88.0 cm³/mol. The van der Waals surface area contributed by atoms with Crippen LogP contribution in [0.3, 0.4) is 0 Å². The van der Waals surface area contributed by atoms with E-state index in [9.17, 15) is 9.59 Å². The summed E-state index contributed by atoms with van der Waals surface area (Å²) in [6, 6.07) is 12.2.